The smallest absolute Gasteiger partial charge is 0.308 e. The Morgan fingerprint density at radius 2 is 1.83 bits per heavy atom. The highest BCUT2D eigenvalue weighted by atomic mass is 32.1. The summed E-state index contributed by atoms with van der Waals surface area (Å²) in [5, 5.41) is 0.984. The first-order chi connectivity index (χ1) is 17.1. The highest BCUT2D eigenvalue weighted by Crippen LogP contribution is 2.38. The fourth-order valence-corrected chi connectivity index (χ4v) is 5.95. The van der Waals surface area contributed by atoms with E-state index in [1.807, 2.05) is 12.1 Å². The second kappa shape index (κ2) is 10.1. The number of nitrogens with zero attached hydrogens (tertiary/aromatic N) is 2. The monoisotopic (exact) mass is 486 g/mol. The molecule has 5 rings (SSSR count). The van der Waals surface area contributed by atoms with E-state index in [4.69, 9.17) is 14.5 Å². The number of benzene rings is 2. The van der Waals surface area contributed by atoms with E-state index in [9.17, 15) is 4.79 Å². The molecule has 0 unspecified atom stereocenters. The normalized spacial score (nSPS) is 21.3. The summed E-state index contributed by atoms with van der Waals surface area (Å²) < 4.78 is 11.5. The van der Waals surface area contributed by atoms with Crippen LogP contribution < -0.4 is 9.64 Å². The van der Waals surface area contributed by atoms with Crippen LogP contribution in [0.3, 0.4) is 0 Å². The Labute approximate surface area is 210 Å². The zero-order chi connectivity index (χ0) is 24.4. The standard InChI is InChI=1S/C29H30N2O3S/c1-31-23(13-12-20-6-4-5-7-26(20)31)16-22(19-8-10-21(11-9-19)29(32)34-3)17-28-30-25-18-24(33-2)14-15-27(25)35-28/h4-7,12-19,21H,8-11H2,1-3H3/b22-17-,23-16+. The Hall–Kier alpha value is -3.38. The third-order valence-electron chi connectivity index (χ3n) is 7.07. The summed E-state index contributed by atoms with van der Waals surface area (Å²) in [6.45, 7) is 0. The number of ether oxygens (including phenoxy) is 2. The minimum Gasteiger partial charge on any atom is -0.497 e. The molecule has 6 heteroatoms. The van der Waals surface area contributed by atoms with Gasteiger partial charge in [-0.05, 0) is 79.2 Å². The van der Waals surface area contributed by atoms with Crippen molar-refractivity contribution in [3.05, 3.63) is 76.5 Å². The van der Waals surface area contributed by atoms with Crippen LogP contribution in [-0.4, -0.2) is 32.2 Å². The zero-order valence-corrected chi connectivity index (χ0v) is 21.2. The average molecular weight is 487 g/mol. The summed E-state index contributed by atoms with van der Waals surface area (Å²) in [6.07, 6.45) is 12.5. The molecule has 0 saturated heterocycles. The molecule has 2 aromatic carbocycles. The summed E-state index contributed by atoms with van der Waals surface area (Å²) in [6, 6.07) is 14.5. The predicted octanol–water partition coefficient (Wildman–Crippen LogP) is 6.71. The number of anilines is 1. The summed E-state index contributed by atoms with van der Waals surface area (Å²) >= 11 is 1.69. The minimum absolute atomic E-state index is 0.00388. The molecule has 5 nitrogen and oxygen atoms in total. The third kappa shape index (κ3) is 4.89. The molecule has 0 amide bonds. The van der Waals surface area contributed by atoms with E-state index < -0.39 is 0 Å². The lowest BCUT2D eigenvalue weighted by Gasteiger charge is -2.30. The number of carbonyl (C=O) groups excluding carboxylic acids is 1. The number of esters is 1. The molecular weight excluding hydrogens is 456 g/mol. The van der Waals surface area contributed by atoms with Crippen molar-refractivity contribution in [3.63, 3.8) is 0 Å². The van der Waals surface area contributed by atoms with Crippen LogP contribution in [0.4, 0.5) is 5.69 Å². The largest absolute Gasteiger partial charge is 0.497 e. The van der Waals surface area contributed by atoms with Crippen molar-refractivity contribution in [3.8, 4) is 5.75 Å². The van der Waals surface area contributed by atoms with Gasteiger partial charge in [-0.1, -0.05) is 24.3 Å². The molecule has 1 aromatic heterocycles. The second-order valence-corrected chi connectivity index (χ2v) is 10.2. The molecule has 1 saturated carbocycles. The second-order valence-electron chi connectivity index (χ2n) is 9.12. The van der Waals surface area contributed by atoms with Crippen molar-refractivity contribution in [2.24, 2.45) is 11.8 Å². The van der Waals surface area contributed by atoms with E-state index in [0.717, 1.165) is 52.4 Å². The van der Waals surface area contributed by atoms with Gasteiger partial charge in [-0.2, -0.15) is 0 Å². The number of allylic oxidation sites excluding steroid dienone is 3. The molecule has 0 atom stereocenters. The Morgan fingerprint density at radius 3 is 2.60 bits per heavy atom. The Kier molecular flexibility index (Phi) is 6.73. The van der Waals surface area contributed by atoms with Gasteiger partial charge < -0.3 is 14.4 Å². The zero-order valence-electron chi connectivity index (χ0n) is 20.4. The number of carbonyl (C=O) groups is 1. The molecule has 2 aliphatic rings. The van der Waals surface area contributed by atoms with Gasteiger partial charge in [0.15, 0.2) is 0 Å². The number of thiazole rings is 1. The minimum atomic E-state index is -0.0843. The number of aromatic nitrogens is 1. The van der Waals surface area contributed by atoms with E-state index in [2.05, 4.69) is 66.6 Å². The summed E-state index contributed by atoms with van der Waals surface area (Å²) in [7, 11) is 5.27. The van der Waals surface area contributed by atoms with Crippen molar-refractivity contribution >= 4 is 45.4 Å². The SMILES string of the molecule is COC(=O)C1CCC(C(=C\c2nc3cc(OC)ccc3s2)/C=C2\C=Cc3ccccc3N2C)CC1. The van der Waals surface area contributed by atoms with Crippen LogP contribution in [-0.2, 0) is 9.53 Å². The lowest BCUT2D eigenvalue weighted by molar-refractivity contribution is -0.146. The van der Waals surface area contributed by atoms with Crippen LogP contribution in [0.5, 0.6) is 5.75 Å². The molecule has 0 spiro atoms. The van der Waals surface area contributed by atoms with Gasteiger partial charge in [0.2, 0.25) is 0 Å². The number of methoxy groups -OCH3 is 2. The van der Waals surface area contributed by atoms with E-state index in [-0.39, 0.29) is 11.9 Å². The predicted molar refractivity (Wildman–Crippen MR) is 144 cm³/mol. The summed E-state index contributed by atoms with van der Waals surface area (Å²) in [5.41, 5.74) is 5.77. The highest BCUT2D eigenvalue weighted by Gasteiger charge is 2.29. The molecule has 2 heterocycles. The first-order valence-electron chi connectivity index (χ1n) is 12.0. The third-order valence-corrected chi connectivity index (χ3v) is 8.05. The topological polar surface area (TPSA) is 51.7 Å². The molecule has 1 aliphatic heterocycles. The Morgan fingerprint density at radius 1 is 1.06 bits per heavy atom. The number of hydrogen-bond donors (Lipinski definition) is 0. The maximum Gasteiger partial charge on any atom is 0.308 e. The Balaban J connectivity index is 1.50. The van der Waals surface area contributed by atoms with Crippen molar-refractivity contribution in [2.75, 3.05) is 26.2 Å². The van der Waals surface area contributed by atoms with Crippen molar-refractivity contribution < 1.29 is 14.3 Å². The maximum atomic E-state index is 12.1. The first kappa shape index (κ1) is 23.4. The molecular formula is C29H30N2O3S. The lowest BCUT2D eigenvalue weighted by atomic mass is 9.78. The number of fused-ring (bicyclic) bond motifs is 2. The summed E-state index contributed by atoms with van der Waals surface area (Å²) in [5.74, 6) is 1.10. The highest BCUT2D eigenvalue weighted by molar-refractivity contribution is 7.19. The quantitative estimate of drug-likeness (QED) is 0.375. The number of hydrogen-bond acceptors (Lipinski definition) is 6. The van der Waals surface area contributed by atoms with Crippen LogP contribution in [0.2, 0.25) is 0 Å². The van der Waals surface area contributed by atoms with Crippen molar-refractivity contribution in [1.82, 2.24) is 4.98 Å². The van der Waals surface area contributed by atoms with Crippen molar-refractivity contribution in [1.29, 1.82) is 0 Å². The van der Waals surface area contributed by atoms with Gasteiger partial charge in [-0.25, -0.2) is 4.98 Å². The number of para-hydroxylation sites is 1. The van der Waals surface area contributed by atoms with E-state index in [1.54, 1.807) is 18.4 Å². The molecule has 1 fully saturated rings. The summed E-state index contributed by atoms with van der Waals surface area (Å²) in [4.78, 5) is 19.2. The van der Waals surface area contributed by atoms with Gasteiger partial charge in [0.1, 0.15) is 10.8 Å². The van der Waals surface area contributed by atoms with Crippen LogP contribution in [0.1, 0.15) is 36.3 Å². The van der Waals surface area contributed by atoms with Gasteiger partial charge >= 0.3 is 5.97 Å². The van der Waals surface area contributed by atoms with Crippen molar-refractivity contribution in [2.45, 2.75) is 25.7 Å². The van der Waals surface area contributed by atoms with E-state index in [1.165, 1.54) is 23.9 Å². The number of likely N-dealkylation sites (N-methyl/N-ethyl adjacent to an activating group) is 1. The molecule has 3 aromatic rings. The molecule has 0 bridgehead atoms. The molecule has 180 valence electrons. The number of rotatable bonds is 5. The van der Waals surface area contributed by atoms with Crippen LogP contribution in [0.25, 0.3) is 22.4 Å². The average Bonchev–Trinajstić information content (AvgIpc) is 3.31. The fraction of sp³-hybridized carbons (Fsp3) is 0.310. The van der Waals surface area contributed by atoms with Crippen LogP contribution in [0.15, 0.2) is 65.9 Å². The molecule has 1 aliphatic carbocycles. The molecule has 35 heavy (non-hydrogen) atoms. The Bertz CT molecular complexity index is 1330. The van der Waals surface area contributed by atoms with E-state index >= 15 is 0 Å². The molecule has 0 radical (unpaired) electrons. The lowest BCUT2D eigenvalue weighted by Crippen LogP contribution is -2.24. The first-order valence-corrected chi connectivity index (χ1v) is 12.8. The van der Waals surface area contributed by atoms with Gasteiger partial charge in [-0.3, -0.25) is 4.79 Å². The maximum absolute atomic E-state index is 12.1. The van der Waals surface area contributed by atoms with Crippen LogP contribution >= 0.6 is 11.3 Å². The van der Waals surface area contributed by atoms with Crippen LogP contribution in [0, 0.1) is 11.8 Å². The van der Waals surface area contributed by atoms with Gasteiger partial charge in [0, 0.05) is 24.5 Å². The van der Waals surface area contributed by atoms with Gasteiger partial charge in [0.05, 0.1) is 30.4 Å². The van der Waals surface area contributed by atoms with Gasteiger partial charge in [0.25, 0.3) is 0 Å². The van der Waals surface area contributed by atoms with Gasteiger partial charge in [-0.15, -0.1) is 11.3 Å². The fourth-order valence-electron chi connectivity index (χ4n) is 5.04. The van der Waals surface area contributed by atoms with E-state index in [0.29, 0.717) is 5.92 Å². The molecule has 0 N–H and O–H groups in total.